The van der Waals surface area contributed by atoms with E-state index in [-0.39, 0.29) is 5.41 Å². The molecule has 0 saturated heterocycles. The highest BCUT2D eigenvalue weighted by Gasteiger charge is 2.43. The first-order chi connectivity index (χ1) is 26.7. The lowest BCUT2D eigenvalue weighted by Crippen LogP contribution is -2.28. The highest BCUT2D eigenvalue weighted by molar-refractivity contribution is 5.84. The largest absolute Gasteiger partial charge is 0.208 e. The number of fused-ring (bicyclic) bond motifs is 5. The first-order valence-electron chi connectivity index (χ1n) is 19.1. The van der Waals surface area contributed by atoms with Crippen molar-refractivity contribution in [2.75, 3.05) is 0 Å². The Bertz CT molecular complexity index is 2600. The van der Waals surface area contributed by atoms with Gasteiger partial charge in [-0.1, -0.05) is 183 Å². The minimum atomic E-state index is 0.134. The molecule has 0 N–H and O–H groups in total. The molecule has 1 heterocycles. The van der Waals surface area contributed by atoms with Crippen molar-refractivity contribution in [3.8, 4) is 78.7 Å². The summed E-state index contributed by atoms with van der Waals surface area (Å²) < 4.78 is 0. The molecule has 10 rings (SSSR count). The second kappa shape index (κ2) is 13.5. The highest BCUT2D eigenvalue weighted by Crippen LogP contribution is 2.56. The van der Waals surface area contributed by atoms with Crippen molar-refractivity contribution in [2.45, 2.75) is 37.5 Å². The summed E-state index contributed by atoms with van der Waals surface area (Å²) in [5.74, 6) is 1.96. The minimum absolute atomic E-state index is 0.134. The van der Waals surface area contributed by atoms with Gasteiger partial charge in [-0.25, -0.2) is 15.0 Å². The van der Waals surface area contributed by atoms with Gasteiger partial charge in [-0.15, -0.1) is 0 Å². The maximum atomic E-state index is 5.11. The van der Waals surface area contributed by atoms with E-state index in [1.165, 1.54) is 71.0 Å². The molecule has 2 aliphatic rings. The fourth-order valence-corrected chi connectivity index (χ4v) is 8.81. The molecule has 8 aromatic rings. The van der Waals surface area contributed by atoms with E-state index in [9.17, 15) is 0 Å². The van der Waals surface area contributed by atoms with E-state index >= 15 is 0 Å². The van der Waals surface area contributed by atoms with Crippen molar-refractivity contribution >= 4 is 0 Å². The molecule has 1 aromatic heterocycles. The third kappa shape index (κ3) is 5.74. The summed E-state index contributed by atoms with van der Waals surface area (Å²) >= 11 is 0. The van der Waals surface area contributed by atoms with Crippen LogP contribution in [0.3, 0.4) is 0 Å². The molecule has 3 heteroatoms. The lowest BCUT2D eigenvalue weighted by atomic mass is 9.67. The van der Waals surface area contributed by atoms with Gasteiger partial charge in [-0.3, -0.25) is 0 Å². The van der Waals surface area contributed by atoms with Crippen LogP contribution in [-0.4, -0.2) is 15.0 Å². The van der Waals surface area contributed by atoms with E-state index in [1.54, 1.807) is 0 Å². The quantitative estimate of drug-likeness (QED) is 0.174. The molecule has 0 aliphatic heterocycles. The summed E-state index contributed by atoms with van der Waals surface area (Å²) in [6, 6.07) is 62.9. The molecule has 1 saturated carbocycles. The van der Waals surface area contributed by atoms with Gasteiger partial charge in [0.15, 0.2) is 17.5 Å². The number of aromatic nitrogens is 3. The van der Waals surface area contributed by atoms with Gasteiger partial charge >= 0.3 is 0 Å². The van der Waals surface area contributed by atoms with Gasteiger partial charge in [0.25, 0.3) is 0 Å². The smallest absolute Gasteiger partial charge is 0.164 e. The van der Waals surface area contributed by atoms with E-state index in [1.807, 2.05) is 12.1 Å². The summed E-state index contributed by atoms with van der Waals surface area (Å²) in [6.45, 7) is 0. The Morgan fingerprint density at radius 2 is 0.722 bits per heavy atom. The molecule has 0 radical (unpaired) electrons. The molecular weight excluding hydrogens is 655 g/mol. The summed E-state index contributed by atoms with van der Waals surface area (Å²) in [7, 11) is 0. The van der Waals surface area contributed by atoms with Gasteiger partial charge in [0.2, 0.25) is 0 Å². The van der Waals surface area contributed by atoms with Crippen molar-refractivity contribution in [1.29, 1.82) is 0 Å². The lowest BCUT2D eigenvalue weighted by molar-refractivity contribution is 0.353. The molecular formula is C51H39N3. The predicted octanol–water partition coefficient (Wildman–Crippen LogP) is 13.1. The Morgan fingerprint density at radius 3 is 1.37 bits per heavy atom. The van der Waals surface area contributed by atoms with Gasteiger partial charge in [0.05, 0.1) is 0 Å². The Balaban J connectivity index is 1.03. The standard InChI is InChI=1S/C51H39N3/c1-4-13-35(14-5-1)37-21-25-39(26-22-37)48-52-49(54-50(53-48)43-18-12-17-41(33-43)36-15-6-2-7-16-36)40-27-23-38(24-28-40)42-29-30-45-44-19-8-9-20-46(44)51(47(45)34-42)31-10-3-11-32-51/h1-2,4-9,12-30,33-34H,3,10-11,31-32H2. The maximum Gasteiger partial charge on any atom is 0.164 e. The predicted molar refractivity (Wildman–Crippen MR) is 222 cm³/mol. The van der Waals surface area contributed by atoms with Gasteiger partial charge in [-0.2, -0.15) is 0 Å². The monoisotopic (exact) mass is 693 g/mol. The topological polar surface area (TPSA) is 38.7 Å². The number of rotatable bonds is 6. The Morgan fingerprint density at radius 1 is 0.296 bits per heavy atom. The molecule has 7 aromatic carbocycles. The molecule has 0 atom stereocenters. The van der Waals surface area contributed by atoms with Crippen LogP contribution in [0.2, 0.25) is 0 Å². The Hall–Kier alpha value is -6.45. The molecule has 3 nitrogen and oxygen atoms in total. The molecule has 54 heavy (non-hydrogen) atoms. The summed E-state index contributed by atoms with van der Waals surface area (Å²) in [6.07, 6.45) is 6.37. The second-order valence-corrected chi connectivity index (χ2v) is 14.7. The fraction of sp³-hybridized carbons (Fsp3) is 0.118. The van der Waals surface area contributed by atoms with Crippen LogP contribution >= 0.6 is 0 Å². The second-order valence-electron chi connectivity index (χ2n) is 14.7. The highest BCUT2D eigenvalue weighted by atomic mass is 15.0. The molecule has 1 fully saturated rings. The van der Waals surface area contributed by atoms with Crippen molar-refractivity contribution in [2.24, 2.45) is 0 Å². The zero-order valence-corrected chi connectivity index (χ0v) is 30.1. The van der Waals surface area contributed by atoms with Crippen molar-refractivity contribution in [3.63, 3.8) is 0 Å². The van der Waals surface area contributed by atoms with E-state index in [0.717, 1.165) is 33.4 Å². The maximum absolute atomic E-state index is 5.11. The lowest BCUT2D eigenvalue weighted by Gasteiger charge is -2.36. The number of hydrogen-bond donors (Lipinski definition) is 0. The van der Waals surface area contributed by atoms with Gasteiger partial charge in [0.1, 0.15) is 0 Å². The van der Waals surface area contributed by atoms with Crippen molar-refractivity contribution in [1.82, 2.24) is 15.0 Å². The number of nitrogens with zero attached hydrogens (tertiary/aromatic N) is 3. The van der Waals surface area contributed by atoms with E-state index < -0.39 is 0 Å². The van der Waals surface area contributed by atoms with Crippen LogP contribution in [0.4, 0.5) is 0 Å². The minimum Gasteiger partial charge on any atom is -0.208 e. The Kier molecular flexibility index (Phi) is 8.06. The van der Waals surface area contributed by atoms with Gasteiger partial charge in [0, 0.05) is 22.1 Å². The first kappa shape index (κ1) is 32.2. The molecule has 1 spiro atoms. The average molecular weight is 694 g/mol. The van der Waals surface area contributed by atoms with Crippen LogP contribution in [0.5, 0.6) is 0 Å². The summed E-state index contributed by atoms with van der Waals surface area (Å²) in [4.78, 5) is 15.3. The zero-order chi connectivity index (χ0) is 35.9. The first-order valence-corrected chi connectivity index (χ1v) is 19.1. The molecule has 2 aliphatic carbocycles. The molecule has 0 amide bonds. The van der Waals surface area contributed by atoms with Crippen LogP contribution in [0, 0.1) is 0 Å². The zero-order valence-electron chi connectivity index (χ0n) is 30.1. The van der Waals surface area contributed by atoms with Crippen LogP contribution in [0.1, 0.15) is 43.2 Å². The van der Waals surface area contributed by atoms with Crippen molar-refractivity contribution in [3.05, 3.63) is 187 Å². The van der Waals surface area contributed by atoms with Crippen LogP contribution in [0.15, 0.2) is 176 Å². The normalized spacial score (nSPS) is 14.1. The van der Waals surface area contributed by atoms with Gasteiger partial charge in [-0.05, 0) is 80.6 Å². The van der Waals surface area contributed by atoms with Gasteiger partial charge < -0.3 is 0 Å². The average Bonchev–Trinajstić information content (AvgIpc) is 3.52. The van der Waals surface area contributed by atoms with Crippen LogP contribution in [-0.2, 0) is 5.41 Å². The fourth-order valence-electron chi connectivity index (χ4n) is 8.81. The summed E-state index contributed by atoms with van der Waals surface area (Å²) in [5.41, 5.74) is 15.9. The SMILES string of the molecule is c1ccc(-c2ccc(-c3nc(-c4ccc(-c5ccc6c(c5)C5(CCCCC5)c5ccccc5-6)cc4)nc(-c4cccc(-c5ccccc5)c4)n3)cc2)cc1. The Labute approximate surface area is 317 Å². The van der Waals surface area contributed by atoms with E-state index in [2.05, 4.69) is 164 Å². The third-order valence-electron chi connectivity index (χ3n) is 11.6. The summed E-state index contributed by atoms with van der Waals surface area (Å²) in [5, 5.41) is 0. The molecule has 258 valence electrons. The third-order valence-corrected chi connectivity index (χ3v) is 11.6. The van der Waals surface area contributed by atoms with Crippen LogP contribution < -0.4 is 0 Å². The molecule has 0 unspecified atom stereocenters. The van der Waals surface area contributed by atoms with E-state index in [0.29, 0.717) is 17.5 Å². The number of benzene rings is 7. The molecule has 0 bridgehead atoms. The van der Waals surface area contributed by atoms with Crippen molar-refractivity contribution < 1.29 is 0 Å². The van der Waals surface area contributed by atoms with E-state index in [4.69, 9.17) is 15.0 Å². The van der Waals surface area contributed by atoms with Crippen LogP contribution in [0.25, 0.3) is 78.7 Å². The number of hydrogen-bond acceptors (Lipinski definition) is 3.